The molecule has 1 saturated heterocycles. The van der Waals surface area contributed by atoms with Gasteiger partial charge in [0, 0.05) is 38.6 Å². The number of phenolic OH excluding ortho intramolecular Hbond substituents is 2. The number of aromatic hydroxyl groups is 2. The third kappa shape index (κ3) is 4.90. The maximum absolute atomic E-state index is 13.8. The molecule has 2 unspecified atom stereocenters. The molecule has 0 radical (unpaired) electrons. The average molecular weight is 488 g/mol. The first-order valence-electron chi connectivity index (χ1n) is 12.1. The van der Waals surface area contributed by atoms with Gasteiger partial charge in [0.05, 0.1) is 0 Å². The van der Waals surface area contributed by atoms with Gasteiger partial charge in [0.25, 0.3) is 0 Å². The first kappa shape index (κ1) is 23.4. The summed E-state index contributed by atoms with van der Waals surface area (Å²) < 4.78 is 7.15. The van der Waals surface area contributed by atoms with E-state index in [0.717, 1.165) is 45.8 Å². The molecule has 180 valence electrons. The molecule has 0 bridgehead atoms. The number of piperidine rings is 1. The number of ether oxygens (including phenoxy) is 1. The van der Waals surface area contributed by atoms with Crippen LogP contribution in [0.1, 0.15) is 42.1 Å². The van der Waals surface area contributed by atoms with Crippen LogP contribution in [0.15, 0.2) is 66.7 Å². The van der Waals surface area contributed by atoms with Crippen LogP contribution in [-0.2, 0) is 0 Å². The third-order valence-corrected chi connectivity index (χ3v) is 7.90. The van der Waals surface area contributed by atoms with Crippen LogP contribution in [0.3, 0.4) is 0 Å². The Bertz CT molecular complexity index is 1320. The number of benzene rings is 3. The minimum absolute atomic E-state index is 0.0833. The molecule has 1 aliphatic heterocycles. The van der Waals surface area contributed by atoms with E-state index in [1.807, 2.05) is 24.3 Å². The zero-order valence-electron chi connectivity index (χ0n) is 19.7. The van der Waals surface area contributed by atoms with E-state index < -0.39 is 0 Å². The average Bonchev–Trinajstić information content (AvgIpc) is 3.26. The van der Waals surface area contributed by atoms with Gasteiger partial charge in [0.2, 0.25) is 0 Å². The number of phenols is 2. The summed E-state index contributed by atoms with van der Waals surface area (Å²) in [6.45, 7) is 4.21. The molecular formula is C29H29NO4S. The Morgan fingerprint density at radius 2 is 1.80 bits per heavy atom. The summed E-state index contributed by atoms with van der Waals surface area (Å²) in [6, 6.07) is 19.3. The second kappa shape index (κ2) is 10.1. The molecule has 4 aromatic rings. The summed E-state index contributed by atoms with van der Waals surface area (Å²) in [5.74, 6) is 1.52. The Labute approximate surface area is 209 Å². The van der Waals surface area contributed by atoms with E-state index in [2.05, 4.69) is 12.2 Å². The Morgan fingerprint density at radius 3 is 2.49 bits per heavy atom. The first-order chi connectivity index (χ1) is 17.0. The number of rotatable bonds is 7. The summed E-state index contributed by atoms with van der Waals surface area (Å²) >= 11 is 1.46. The van der Waals surface area contributed by atoms with Gasteiger partial charge in [-0.25, -0.2) is 0 Å². The minimum atomic E-state index is -0.0833. The summed E-state index contributed by atoms with van der Waals surface area (Å²) in [4.78, 5) is 14.6. The number of hydrogen-bond acceptors (Lipinski definition) is 6. The number of fused-ring (bicyclic) bond motifs is 1. The fraction of sp³-hybridized carbons (Fsp3) is 0.276. The van der Waals surface area contributed by atoms with Crippen molar-refractivity contribution < 1.29 is 19.7 Å². The normalized spacial score (nSPS) is 16.8. The zero-order valence-corrected chi connectivity index (χ0v) is 20.5. The molecular weight excluding hydrogens is 458 g/mol. The van der Waals surface area contributed by atoms with Crippen molar-refractivity contribution in [3.05, 3.63) is 77.9 Å². The van der Waals surface area contributed by atoms with E-state index >= 15 is 0 Å². The first-order valence-corrected chi connectivity index (χ1v) is 12.9. The van der Waals surface area contributed by atoms with E-state index in [1.165, 1.54) is 24.2 Å². The minimum Gasteiger partial charge on any atom is -0.508 e. The molecule has 1 aromatic heterocycles. The van der Waals surface area contributed by atoms with Gasteiger partial charge in [0.15, 0.2) is 5.78 Å². The lowest BCUT2D eigenvalue weighted by atomic mass is 9.92. The van der Waals surface area contributed by atoms with Gasteiger partial charge >= 0.3 is 0 Å². The molecule has 3 N–H and O–H groups in total. The monoisotopic (exact) mass is 487 g/mol. The second-order valence-electron chi connectivity index (χ2n) is 9.06. The Hall–Kier alpha value is -3.35. The van der Waals surface area contributed by atoms with E-state index in [0.29, 0.717) is 17.0 Å². The SMILES string of the molecule is CCC(Oc1ccc(C(=O)c2c(-c3ccc(O)cc3)sc3cc(O)ccc23)cc1)C1CCCNC1. The van der Waals surface area contributed by atoms with Crippen LogP contribution in [0, 0.1) is 5.92 Å². The van der Waals surface area contributed by atoms with E-state index in [-0.39, 0.29) is 23.4 Å². The lowest BCUT2D eigenvalue weighted by Gasteiger charge is -2.30. The molecule has 2 heterocycles. The van der Waals surface area contributed by atoms with Gasteiger partial charge in [-0.05, 0) is 98.1 Å². The van der Waals surface area contributed by atoms with Crippen molar-refractivity contribution in [3.8, 4) is 27.7 Å². The predicted octanol–water partition coefficient (Wildman–Crippen LogP) is 6.37. The highest BCUT2D eigenvalue weighted by Crippen LogP contribution is 2.41. The summed E-state index contributed by atoms with van der Waals surface area (Å²) in [7, 11) is 0. The summed E-state index contributed by atoms with van der Waals surface area (Å²) in [5, 5.41) is 24.0. The maximum Gasteiger partial charge on any atom is 0.195 e. The molecule has 1 fully saturated rings. The number of carbonyl (C=O) groups excluding carboxylic acids is 1. The molecule has 0 spiro atoms. The van der Waals surface area contributed by atoms with Crippen LogP contribution < -0.4 is 10.1 Å². The molecule has 0 amide bonds. The van der Waals surface area contributed by atoms with Crippen molar-refractivity contribution in [2.45, 2.75) is 32.3 Å². The van der Waals surface area contributed by atoms with Gasteiger partial charge < -0.3 is 20.3 Å². The number of nitrogens with one attached hydrogen (secondary N) is 1. The molecule has 3 aromatic carbocycles. The van der Waals surface area contributed by atoms with Crippen LogP contribution in [0.2, 0.25) is 0 Å². The standard InChI is InChI=1S/C29H29NO4S/c1-2-25(20-4-3-15-30-17-20)34-23-12-7-18(8-13-23)28(33)27-24-14-11-22(32)16-26(24)35-29(27)19-5-9-21(31)10-6-19/h5-14,16,20,25,30-32H,2-4,15,17H2,1H3. The second-order valence-corrected chi connectivity index (χ2v) is 10.1. The van der Waals surface area contributed by atoms with E-state index in [4.69, 9.17) is 4.74 Å². The third-order valence-electron chi connectivity index (χ3n) is 6.70. The smallest absolute Gasteiger partial charge is 0.195 e. The van der Waals surface area contributed by atoms with Crippen molar-refractivity contribution >= 4 is 27.2 Å². The van der Waals surface area contributed by atoms with Crippen LogP contribution >= 0.6 is 11.3 Å². The highest BCUT2D eigenvalue weighted by Gasteiger charge is 2.25. The summed E-state index contributed by atoms with van der Waals surface area (Å²) in [6.07, 6.45) is 3.44. The van der Waals surface area contributed by atoms with Crippen LogP contribution in [-0.4, -0.2) is 35.2 Å². The van der Waals surface area contributed by atoms with Gasteiger partial charge in [-0.1, -0.05) is 6.92 Å². The van der Waals surface area contributed by atoms with Crippen molar-refractivity contribution in [3.63, 3.8) is 0 Å². The fourth-order valence-corrected chi connectivity index (χ4v) is 6.08. The van der Waals surface area contributed by atoms with Gasteiger partial charge in [-0.2, -0.15) is 0 Å². The highest BCUT2D eigenvalue weighted by atomic mass is 32.1. The fourth-order valence-electron chi connectivity index (χ4n) is 4.84. The van der Waals surface area contributed by atoms with Gasteiger partial charge in [-0.15, -0.1) is 11.3 Å². The lowest BCUT2D eigenvalue weighted by molar-refractivity contribution is 0.104. The van der Waals surface area contributed by atoms with Crippen LogP contribution in [0.25, 0.3) is 20.5 Å². The predicted molar refractivity (Wildman–Crippen MR) is 141 cm³/mol. The largest absolute Gasteiger partial charge is 0.508 e. The lowest BCUT2D eigenvalue weighted by Crippen LogP contribution is -2.39. The molecule has 6 heteroatoms. The molecule has 0 saturated carbocycles. The topological polar surface area (TPSA) is 78.8 Å². The molecule has 1 aliphatic rings. The van der Waals surface area contributed by atoms with E-state index in [9.17, 15) is 15.0 Å². The van der Waals surface area contributed by atoms with Crippen molar-refractivity contribution in [1.82, 2.24) is 5.32 Å². The Kier molecular flexibility index (Phi) is 6.75. The zero-order chi connectivity index (χ0) is 24.4. The number of ketones is 1. The Balaban J connectivity index is 1.45. The van der Waals surface area contributed by atoms with Crippen LogP contribution in [0.4, 0.5) is 0 Å². The number of carbonyl (C=O) groups is 1. The number of thiophene rings is 1. The number of hydrogen-bond donors (Lipinski definition) is 3. The molecule has 5 nitrogen and oxygen atoms in total. The highest BCUT2D eigenvalue weighted by molar-refractivity contribution is 7.22. The molecule has 5 rings (SSSR count). The Morgan fingerprint density at radius 1 is 1.06 bits per heavy atom. The van der Waals surface area contributed by atoms with Crippen LogP contribution in [0.5, 0.6) is 17.2 Å². The molecule has 35 heavy (non-hydrogen) atoms. The molecule has 0 aliphatic carbocycles. The maximum atomic E-state index is 13.8. The molecule has 2 atom stereocenters. The van der Waals surface area contributed by atoms with Gasteiger partial charge in [-0.3, -0.25) is 4.79 Å². The van der Waals surface area contributed by atoms with Crippen molar-refractivity contribution in [2.75, 3.05) is 13.1 Å². The quantitative estimate of drug-likeness (QED) is 0.264. The van der Waals surface area contributed by atoms with E-state index in [1.54, 1.807) is 42.5 Å². The van der Waals surface area contributed by atoms with Gasteiger partial charge in [0.1, 0.15) is 23.4 Å². The van der Waals surface area contributed by atoms with Crippen molar-refractivity contribution in [2.24, 2.45) is 5.92 Å². The summed E-state index contributed by atoms with van der Waals surface area (Å²) in [5.41, 5.74) is 2.03. The van der Waals surface area contributed by atoms with Crippen molar-refractivity contribution in [1.29, 1.82) is 0 Å².